The Morgan fingerprint density at radius 1 is 1.00 bits per heavy atom. The van der Waals surface area contributed by atoms with Crippen LogP contribution in [0.15, 0.2) is 85.7 Å². The van der Waals surface area contributed by atoms with E-state index in [0.717, 1.165) is 27.8 Å². The highest BCUT2D eigenvalue weighted by Crippen LogP contribution is 2.32. The van der Waals surface area contributed by atoms with Crippen molar-refractivity contribution in [2.24, 2.45) is 0 Å². The molecule has 2 aromatic carbocycles. The molecule has 5 aromatic rings. The summed E-state index contributed by atoms with van der Waals surface area (Å²) in [5.41, 5.74) is 4.20. The molecule has 5 rings (SSSR count). The molecule has 0 unspecified atom stereocenters. The molecule has 7 heteroatoms. The lowest BCUT2D eigenvalue weighted by Gasteiger charge is -2.11. The fourth-order valence-electron chi connectivity index (χ4n) is 3.52. The van der Waals surface area contributed by atoms with E-state index < -0.39 is 0 Å². The Kier molecular flexibility index (Phi) is 4.95. The molecule has 3 heterocycles. The lowest BCUT2D eigenvalue weighted by Crippen LogP contribution is -2.02. The summed E-state index contributed by atoms with van der Waals surface area (Å²) in [4.78, 5) is 12.2. The summed E-state index contributed by atoms with van der Waals surface area (Å²) in [6.07, 6.45) is 1.62. The van der Waals surface area contributed by atoms with Gasteiger partial charge in [0.25, 0.3) is 0 Å². The Hall–Kier alpha value is -3.58. The molecule has 6 nitrogen and oxygen atoms in total. The summed E-state index contributed by atoms with van der Waals surface area (Å²) < 4.78 is 13.0. The number of nitrogens with zero attached hydrogens (tertiary/aromatic N) is 3. The number of hydrogen-bond donors (Lipinski definition) is 0. The lowest BCUT2D eigenvalue weighted by atomic mass is 10.0. The van der Waals surface area contributed by atoms with E-state index in [1.807, 2.05) is 73.0 Å². The van der Waals surface area contributed by atoms with E-state index in [1.165, 1.54) is 11.8 Å². The summed E-state index contributed by atoms with van der Waals surface area (Å²) in [7, 11) is 0. The average Bonchev–Trinajstić information content (AvgIpc) is 3.45. The second-order valence-corrected chi connectivity index (χ2v) is 8.16. The van der Waals surface area contributed by atoms with Gasteiger partial charge < -0.3 is 8.83 Å². The van der Waals surface area contributed by atoms with Crippen LogP contribution in [0.4, 0.5) is 0 Å². The number of furan rings is 1. The fourth-order valence-corrected chi connectivity index (χ4v) is 4.47. The zero-order valence-corrected chi connectivity index (χ0v) is 17.8. The van der Waals surface area contributed by atoms with Crippen molar-refractivity contribution < 1.29 is 8.83 Å². The lowest BCUT2D eigenvalue weighted by molar-refractivity contribution is 0.557. The van der Waals surface area contributed by atoms with E-state index in [0.29, 0.717) is 28.1 Å². The van der Waals surface area contributed by atoms with Gasteiger partial charge in [0, 0.05) is 22.9 Å². The molecule has 0 aliphatic heterocycles. The van der Waals surface area contributed by atoms with Crippen LogP contribution in [-0.2, 0) is 5.75 Å². The van der Waals surface area contributed by atoms with Crippen LogP contribution in [-0.4, -0.2) is 14.8 Å². The van der Waals surface area contributed by atoms with Crippen LogP contribution in [0.3, 0.4) is 0 Å². The van der Waals surface area contributed by atoms with Crippen molar-refractivity contribution in [1.82, 2.24) is 14.8 Å². The van der Waals surface area contributed by atoms with Gasteiger partial charge in [0.2, 0.25) is 5.82 Å². The Labute approximate surface area is 182 Å². The van der Waals surface area contributed by atoms with Gasteiger partial charge in [-0.1, -0.05) is 42.1 Å². The monoisotopic (exact) mass is 429 g/mol. The minimum absolute atomic E-state index is 0.349. The molecule has 0 atom stereocenters. The van der Waals surface area contributed by atoms with Gasteiger partial charge in [-0.15, -0.1) is 10.2 Å². The average molecular weight is 430 g/mol. The highest BCUT2D eigenvalue weighted by atomic mass is 32.2. The van der Waals surface area contributed by atoms with Crippen molar-refractivity contribution in [2.45, 2.75) is 24.8 Å². The van der Waals surface area contributed by atoms with Crippen molar-refractivity contribution in [3.05, 3.63) is 94.0 Å². The Morgan fingerprint density at radius 2 is 1.84 bits per heavy atom. The molecule has 0 N–H and O–H groups in total. The number of fused-ring (bicyclic) bond motifs is 1. The number of hydrogen-bond acceptors (Lipinski definition) is 6. The van der Waals surface area contributed by atoms with Gasteiger partial charge in [0.15, 0.2) is 10.9 Å². The van der Waals surface area contributed by atoms with E-state index in [1.54, 1.807) is 12.3 Å². The number of benzene rings is 2. The Balaban J connectivity index is 1.57. The van der Waals surface area contributed by atoms with Crippen LogP contribution in [0, 0.1) is 13.8 Å². The minimum atomic E-state index is -0.349. The summed E-state index contributed by atoms with van der Waals surface area (Å²) >= 11 is 1.51. The first-order chi connectivity index (χ1) is 15.1. The quantitative estimate of drug-likeness (QED) is 0.270. The van der Waals surface area contributed by atoms with Gasteiger partial charge in [0.1, 0.15) is 5.58 Å². The second-order valence-electron chi connectivity index (χ2n) is 7.22. The van der Waals surface area contributed by atoms with Crippen LogP contribution >= 0.6 is 11.8 Å². The molecule has 0 bridgehead atoms. The molecular formula is C24H19N3O3S. The molecule has 0 spiro atoms. The Bertz CT molecular complexity index is 1420. The molecule has 0 saturated heterocycles. The fraction of sp³-hybridized carbons (Fsp3) is 0.125. The third-order valence-electron chi connectivity index (χ3n) is 5.26. The maximum Gasteiger partial charge on any atom is 0.336 e. The Morgan fingerprint density at radius 3 is 2.61 bits per heavy atom. The topological polar surface area (TPSA) is 74.1 Å². The van der Waals surface area contributed by atoms with Gasteiger partial charge in [0.05, 0.1) is 6.26 Å². The number of rotatable bonds is 5. The molecule has 3 aromatic heterocycles. The van der Waals surface area contributed by atoms with Crippen LogP contribution in [0.1, 0.15) is 16.7 Å². The van der Waals surface area contributed by atoms with Gasteiger partial charge in [-0.25, -0.2) is 4.79 Å². The molecule has 0 aliphatic rings. The number of para-hydroxylation sites is 1. The highest BCUT2D eigenvalue weighted by molar-refractivity contribution is 7.98. The van der Waals surface area contributed by atoms with E-state index in [-0.39, 0.29) is 5.63 Å². The third-order valence-corrected chi connectivity index (χ3v) is 6.24. The molecule has 0 radical (unpaired) electrons. The first-order valence-electron chi connectivity index (χ1n) is 9.82. The summed E-state index contributed by atoms with van der Waals surface area (Å²) in [5.74, 6) is 1.82. The minimum Gasteiger partial charge on any atom is -0.461 e. The zero-order chi connectivity index (χ0) is 21.4. The zero-order valence-electron chi connectivity index (χ0n) is 17.0. The maximum atomic E-state index is 12.2. The first kappa shape index (κ1) is 19.4. The van der Waals surface area contributed by atoms with E-state index >= 15 is 0 Å². The molecule has 154 valence electrons. The number of thioether (sulfide) groups is 1. The normalized spacial score (nSPS) is 11.3. The third kappa shape index (κ3) is 3.57. The van der Waals surface area contributed by atoms with Gasteiger partial charge in [-0.2, -0.15) is 0 Å². The SMILES string of the molecule is Cc1ccc2c(CSc3nnc(-c4ccco4)n3-c3ccccc3)cc(=O)oc2c1C. The predicted molar refractivity (Wildman–Crippen MR) is 121 cm³/mol. The molecular weight excluding hydrogens is 410 g/mol. The number of aromatic nitrogens is 3. The largest absolute Gasteiger partial charge is 0.461 e. The standard InChI is InChI=1S/C24H19N3O3S/c1-15-10-11-19-17(13-21(28)30-22(19)16(15)2)14-31-24-26-25-23(20-9-6-12-29-20)27(24)18-7-4-3-5-8-18/h3-13H,14H2,1-2H3. The second kappa shape index (κ2) is 7.92. The van der Waals surface area contributed by atoms with Gasteiger partial charge in [-0.05, 0) is 54.8 Å². The van der Waals surface area contributed by atoms with Gasteiger partial charge in [-0.3, -0.25) is 4.57 Å². The summed E-state index contributed by atoms with van der Waals surface area (Å²) in [6, 6.07) is 19.2. The van der Waals surface area contributed by atoms with Crippen molar-refractivity contribution in [2.75, 3.05) is 0 Å². The van der Waals surface area contributed by atoms with Crippen LogP contribution < -0.4 is 5.63 Å². The predicted octanol–water partition coefficient (Wildman–Crippen LogP) is 5.54. The van der Waals surface area contributed by atoms with Crippen molar-refractivity contribution in [3.8, 4) is 17.3 Å². The summed E-state index contributed by atoms with van der Waals surface area (Å²) in [6.45, 7) is 3.98. The van der Waals surface area contributed by atoms with Crippen LogP contribution in [0.2, 0.25) is 0 Å². The molecule has 0 fully saturated rings. The van der Waals surface area contributed by atoms with E-state index in [2.05, 4.69) is 10.2 Å². The van der Waals surface area contributed by atoms with Crippen LogP contribution in [0.25, 0.3) is 28.2 Å². The van der Waals surface area contributed by atoms with E-state index in [9.17, 15) is 4.79 Å². The molecule has 31 heavy (non-hydrogen) atoms. The van der Waals surface area contributed by atoms with Crippen molar-refractivity contribution in [1.29, 1.82) is 0 Å². The molecule has 0 aliphatic carbocycles. The highest BCUT2D eigenvalue weighted by Gasteiger charge is 2.19. The van der Waals surface area contributed by atoms with Gasteiger partial charge >= 0.3 is 5.63 Å². The molecule has 0 amide bonds. The van der Waals surface area contributed by atoms with E-state index in [4.69, 9.17) is 8.83 Å². The molecule has 0 saturated carbocycles. The smallest absolute Gasteiger partial charge is 0.336 e. The van der Waals surface area contributed by atoms with Crippen LogP contribution in [0.5, 0.6) is 0 Å². The maximum absolute atomic E-state index is 12.2. The number of aryl methyl sites for hydroxylation is 2. The summed E-state index contributed by atoms with van der Waals surface area (Å²) in [5, 5.41) is 10.4. The first-order valence-corrected chi connectivity index (χ1v) is 10.8. The van der Waals surface area contributed by atoms with Crippen molar-refractivity contribution >= 4 is 22.7 Å². The van der Waals surface area contributed by atoms with Crippen molar-refractivity contribution in [3.63, 3.8) is 0 Å².